The number of para-hydroxylation sites is 1. The van der Waals surface area contributed by atoms with E-state index in [1.807, 2.05) is 0 Å². The van der Waals surface area contributed by atoms with E-state index in [9.17, 15) is 62.2 Å². The van der Waals surface area contributed by atoms with Crippen LogP contribution in [0.3, 0.4) is 0 Å². The Kier molecular flexibility index (Phi) is 8.20. The van der Waals surface area contributed by atoms with Gasteiger partial charge in [-0.3, -0.25) is 0 Å². The summed E-state index contributed by atoms with van der Waals surface area (Å²) in [6.07, 6.45) is -10.3. The van der Waals surface area contributed by atoms with Gasteiger partial charge in [-0.1, -0.05) is 39.0 Å². The van der Waals surface area contributed by atoms with Crippen molar-refractivity contribution in [3.63, 3.8) is 0 Å². The van der Waals surface area contributed by atoms with Crippen molar-refractivity contribution in [1.82, 2.24) is 0 Å². The molecule has 1 aromatic carbocycles. The SMILES string of the molecule is CC(C)COc1ccccc1C(O)C(C)C(F)(F)C(F)(F)C(F)(F)C(F)(F)C(F)(F)C(F)(F)F. The zero-order valence-electron chi connectivity index (χ0n) is 17.5. The molecule has 0 aliphatic carbocycles. The molecule has 0 radical (unpaired) electrons. The molecule has 1 aromatic rings. The Morgan fingerprint density at radius 1 is 0.706 bits per heavy atom. The summed E-state index contributed by atoms with van der Waals surface area (Å²) < 4.78 is 179. The minimum atomic E-state index is -7.99. The fraction of sp³-hybridized carbons (Fsp3) is 0.684. The number of hydrogen-bond donors (Lipinski definition) is 1. The van der Waals surface area contributed by atoms with E-state index in [1.54, 1.807) is 13.8 Å². The predicted molar refractivity (Wildman–Crippen MR) is 91.7 cm³/mol. The van der Waals surface area contributed by atoms with Crippen LogP contribution in [0, 0.1) is 11.8 Å². The lowest BCUT2D eigenvalue weighted by molar-refractivity contribution is -0.444. The molecule has 0 saturated carbocycles. The number of ether oxygens (including phenoxy) is 1. The first-order valence-electron chi connectivity index (χ1n) is 9.34. The number of benzene rings is 1. The standard InChI is InChI=1S/C19H19F13O2/c1-9(2)8-34-12-7-5-4-6-11(12)13(33)10(3)14(20,21)15(22,23)16(24,25)17(26,27)18(28,29)19(30,31)32/h4-7,9-10,13,33H,8H2,1-3H3. The highest BCUT2D eigenvalue weighted by Gasteiger charge is 2.91. The first-order valence-corrected chi connectivity index (χ1v) is 9.34. The summed E-state index contributed by atoms with van der Waals surface area (Å²) in [6, 6.07) is 4.24. The Labute approximate surface area is 184 Å². The average Bonchev–Trinajstić information content (AvgIpc) is 2.69. The summed E-state index contributed by atoms with van der Waals surface area (Å²) in [6.45, 7) is 3.17. The molecule has 0 heterocycles. The van der Waals surface area contributed by atoms with E-state index in [4.69, 9.17) is 4.74 Å². The van der Waals surface area contributed by atoms with Gasteiger partial charge in [-0.05, 0) is 12.0 Å². The fourth-order valence-corrected chi connectivity index (χ4v) is 2.65. The Bertz CT molecular complexity index is 834. The number of aliphatic hydroxyl groups is 1. The highest BCUT2D eigenvalue weighted by atomic mass is 19.4. The lowest BCUT2D eigenvalue weighted by Gasteiger charge is -2.42. The van der Waals surface area contributed by atoms with Crippen molar-refractivity contribution in [3.05, 3.63) is 29.8 Å². The second-order valence-corrected chi connectivity index (χ2v) is 7.89. The van der Waals surface area contributed by atoms with Gasteiger partial charge in [0, 0.05) is 5.56 Å². The van der Waals surface area contributed by atoms with E-state index < -0.39 is 53.4 Å². The van der Waals surface area contributed by atoms with Gasteiger partial charge in [0.05, 0.1) is 18.6 Å². The van der Waals surface area contributed by atoms with Gasteiger partial charge in [-0.25, -0.2) is 0 Å². The van der Waals surface area contributed by atoms with Crippen LogP contribution in [-0.4, -0.2) is 47.5 Å². The average molecular weight is 526 g/mol. The molecule has 15 heteroatoms. The van der Waals surface area contributed by atoms with Gasteiger partial charge in [-0.2, -0.15) is 57.1 Å². The van der Waals surface area contributed by atoms with Crippen LogP contribution in [0.1, 0.15) is 32.4 Å². The Hall–Kier alpha value is -1.93. The molecule has 0 bridgehead atoms. The maximum absolute atomic E-state index is 14.4. The molecule has 0 spiro atoms. The van der Waals surface area contributed by atoms with Gasteiger partial charge in [0.1, 0.15) is 5.75 Å². The number of alkyl halides is 13. The van der Waals surface area contributed by atoms with E-state index in [-0.39, 0.29) is 25.2 Å². The van der Waals surface area contributed by atoms with Crippen LogP contribution in [0.25, 0.3) is 0 Å². The molecule has 2 atom stereocenters. The van der Waals surface area contributed by atoms with E-state index in [1.165, 1.54) is 6.07 Å². The van der Waals surface area contributed by atoms with Crippen molar-refractivity contribution in [2.45, 2.75) is 62.7 Å². The highest BCUT2D eigenvalue weighted by molar-refractivity contribution is 5.36. The van der Waals surface area contributed by atoms with Crippen molar-refractivity contribution in [3.8, 4) is 5.75 Å². The summed E-state index contributed by atoms with van der Waals surface area (Å²) >= 11 is 0. The first-order chi connectivity index (χ1) is 15.0. The van der Waals surface area contributed by atoms with Crippen LogP contribution < -0.4 is 4.74 Å². The van der Waals surface area contributed by atoms with Gasteiger partial charge in [-0.15, -0.1) is 0 Å². The molecular weight excluding hydrogens is 507 g/mol. The van der Waals surface area contributed by atoms with E-state index in [0.29, 0.717) is 0 Å². The molecule has 0 fully saturated rings. The van der Waals surface area contributed by atoms with Crippen LogP contribution in [0.4, 0.5) is 57.1 Å². The molecule has 2 unspecified atom stereocenters. The van der Waals surface area contributed by atoms with Crippen LogP contribution in [0.5, 0.6) is 5.75 Å². The molecule has 0 amide bonds. The zero-order chi connectivity index (χ0) is 27.1. The second-order valence-electron chi connectivity index (χ2n) is 7.89. The minimum Gasteiger partial charge on any atom is -0.493 e. The molecule has 0 aromatic heterocycles. The van der Waals surface area contributed by atoms with Gasteiger partial charge in [0.25, 0.3) is 0 Å². The third kappa shape index (κ3) is 4.76. The summed E-state index contributed by atoms with van der Waals surface area (Å²) in [5, 5.41) is 10.1. The van der Waals surface area contributed by atoms with E-state index in [2.05, 4.69) is 0 Å². The molecule has 0 aliphatic heterocycles. The third-order valence-electron chi connectivity index (χ3n) is 4.81. The van der Waals surface area contributed by atoms with E-state index >= 15 is 0 Å². The monoisotopic (exact) mass is 526 g/mol. The van der Waals surface area contributed by atoms with Gasteiger partial charge in [0.2, 0.25) is 0 Å². The molecule has 1 N–H and O–H groups in total. The van der Waals surface area contributed by atoms with Crippen molar-refractivity contribution in [2.24, 2.45) is 11.8 Å². The smallest absolute Gasteiger partial charge is 0.460 e. The normalized spacial score (nSPS) is 16.5. The van der Waals surface area contributed by atoms with Crippen molar-refractivity contribution in [1.29, 1.82) is 0 Å². The summed E-state index contributed by atoms with van der Waals surface area (Å²) in [7, 11) is 0. The Morgan fingerprint density at radius 2 is 1.15 bits per heavy atom. The Balaban J connectivity index is 3.47. The molecule has 198 valence electrons. The molecule has 0 saturated heterocycles. The maximum Gasteiger partial charge on any atom is 0.460 e. The number of rotatable bonds is 10. The number of aliphatic hydroxyl groups excluding tert-OH is 1. The lowest BCUT2D eigenvalue weighted by atomic mass is 9.83. The topological polar surface area (TPSA) is 29.5 Å². The quantitative estimate of drug-likeness (QED) is 0.329. The van der Waals surface area contributed by atoms with Crippen LogP contribution in [-0.2, 0) is 0 Å². The maximum atomic E-state index is 14.4. The summed E-state index contributed by atoms with van der Waals surface area (Å²) in [4.78, 5) is 0. The molecule has 1 rings (SSSR count). The van der Waals surface area contributed by atoms with Crippen molar-refractivity contribution in [2.75, 3.05) is 6.61 Å². The fourth-order valence-electron chi connectivity index (χ4n) is 2.65. The largest absolute Gasteiger partial charge is 0.493 e. The first kappa shape index (κ1) is 30.1. The molecule has 34 heavy (non-hydrogen) atoms. The second kappa shape index (κ2) is 9.26. The van der Waals surface area contributed by atoms with Crippen LogP contribution >= 0.6 is 0 Å². The molecular formula is C19H19F13O2. The van der Waals surface area contributed by atoms with Crippen LogP contribution in [0.2, 0.25) is 0 Å². The molecule has 0 aliphatic rings. The summed E-state index contributed by atoms with van der Waals surface area (Å²) in [5.41, 5.74) is -0.679. The lowest BCUT2D eigenvalue weighted by Crippen LogP contribution is -2.71. The zero-order valence-corrected chi connectivity index (χ0v) is 17.5. The predicted octanol–water partition coefficient (Wildman–Crippen LogP) is 7.13. The third-order valence-corrected chi connectivity index (χ3v) is 4.81. The number of hydrogen-bond acceptors (Lipinski definition) is 2. The highest BCUT2D eigenvalue weighted by Crippen LogP contribution is 2.62. The van der Waals surface area contributed by atoms with Crippen molar-refractivity contribution < 1.29 is 66.9 Å². The Morgan fingerprint density at radius 3 is 1.59 bits per heavy atom. The van der Waals surface area contributed by atoms with E-state index in [0.717, 1.165) is 18.2 Å². The van der Waals surface area contributed by atoms with Gasteiger partial charge >= 0.3 is 35.8 Å². The minimum absolute atomic E-state index is 0.00603. The summed E-state index contributed by atoms with van der Waals surface area (Å²) in [5.74, 6) is -41.6. The van der Waals surface area contributed by atoms with Gasteiger partial charge < -0.3 is 9.84 Å². The van der Waals surface area contributed by atoms with Crippen LogP contribution in [0.15, 0.2) is 24.3 Å². The van der Waals surface area contributed by atoms with Gasteiger partial charge in [0.15, 0.2) is 0 Å². The van der Waals surface area contributed by atoms with Crippen molar-refractivity contribution >= 4 is 0 Å². The molecule has 2 nitrogen and oxygen atoms in total. The number of halogens is 13.